The van der Waals surface area contributed by atoms with Gasteiger partial charge in [-0.3, -0.25) is 10.1 Å². The normalized spacial score (nSPS) is 15.7. The lowest BCUT2D eigenvalue weighted by atomic mass is 9.96. The van der Waals surface area contributed by atoms with Crippen LogP contribution < -0.4 is 15.5 Å². The molecule has 0 saturated heterocycles. The van der Waals surface area contributed by atoms with Gasteiger partial charge < -0.3 is 15.0 Å². The summed E-state index contributed by atoms with van der Waals surface area (Å²) in [5, 5.41) is 5.00. The van der Waals surface area contributed by atoms with E-state index in [0.29, 0.717) is 5.82 Å². The standard InChI is InChI=1S/C18H26N4O4/c1-12(16(23)21-18(25)20-14-7-5-4-6-8-14)26-17(24)13-9-10-15(19-11-13)22(2)3/h9-12,14H,4-8H2,1-3H3,(H2,20,21,23,25). The summed E-state index contributed by atoms with van der Waals surface area (Å²) in [4.78, 5) is 41.9. The van der Waals surface area contributed by atoms with Crippen molar-refractivity contribution in [3.63, 3.8) is 0 Å². The van der Waals surface area contributed by atoms with Crippen LogP contribution in [0.1, 0.15) is 49.4 Å². The average molecular weight is 362 g/mol. The van der Waals surface area contributed by atoms with Crippen LogP contribution in [0.5, 0.6) is 0 Å². The molecule has 1 atom stereocenters. The van der Waals surface area contributed by atoms with Crippen LogP contribution in [0.15, 0.2) is 18.3 Å². The number of esters is 1. The molecular weight excluding hydrogens is 336 g/mol. The molecule has 8 nitrogen and oxygen atoms in total. The molecule has 0 radical (unpaired) electrons. The first-order chi connectivity index (χ1) is 12.4. The van der Waals surface area contributed by atoms with E-state index in [-0.39, 0.29) is 11.6 Å². The Bertz CT molecular complexity index is 639. The van der Waals surface area contributed by atoms with Crippen LogP contribution in [0.25, 0.3) is 0 Å². The fourth-order valence-corrected chi connectivity index (χ4v) is 2.74. The van der Waals surface area contributed by atoms with E-state index >= 15 is 0 Å². The quantitative estimate of drug-likeness (QED) is 0.776. The third-order valence-corrected chi connectivity index (χ3v) is 4.27. The van der Waals surface area contributed by atoms with Crippen LogP contribution in [-0.2, 0) is 9.53 Å². The highest BCUT2D eigenvalue weighted by atomic mass is 16.5. The molecule has 1 aromatic rings. The molecule has 26 heavy (non-hydrogen) atoms. The van der Waals surface area contributed by atoms with Crippen molar-refractivity contribution in [2.45, 2.75) is 51.2 Å². The summed E-state index contributed by atoms with van der Waals surface area (Å²) in [6.07, 6.45) is 5.47. The minimum atomic E-state index is -1.09. The maximum absolute atomic E-state index is 12.1. The van der Waals surface area contributed by atoms with Gasteiger partial charge in [-0.1, -0.05) is 19.3 Å². The van der Waals surface area contributed by atoms with Crippen LogP contribution in [0, 0.1) is 0 Å². The molecule has 0 bridgehead atoms. The van der Waals surface area contributed by atoms with Crippen LogP contribution in [-0.4, -0.2) is 49.1 Å². The maximum atomic E-state index is 12.1. The molecule has 1 fully saturated rings. The molecule has 1 unspecified atom stereocenters. The first-order valence-corrected chi connectivity index (χ1v) is 8.82. The predicted octanol–water partition coefficient (Wildman–Crippen LogP) is 1.85. The fourth-order valence-electron chi connectivity index (χ4n) is 2.74. The number of carbonyl (C=O) groups excluding carboxylic acids is 3. The third-order valence-electron chi connectivity index (χ3n) is 4.27. The highest BCUT2D eigenvalue weighted by molar-refractivity contribution is 5.98. The number of nitrogens with one attached hydrogen (secondary N) is 2. The van der Waals surface area contributed by atoms with Gasteiger partial charge in [0.2, 0.25) is 0 Å². The van der Waals surface area contributed by atoms with Crippen molar-refractivity contribution < 1.29 is 19.1 Å². The molecule has 1 aromatic heterocycles. The van der Waals surface area contributed by atoms with Gasteiger partial charge in [-0.15, -0.1) is 0 Å². The van der Waals surface area contributed by atoms with Gasteiger partial charge in [0.05, 0.1) is 5.56 Å². The number of anilines is 1. The van der Waals surface area contributed by atoms with Crippen molar-refractivity contribution in [1.29, 1.82) is 0 Å². The summed E-state index contributed by atoms with van der Waals surface area (Å²) in [5.41, 5.74) is 0.238. The van der Waals surface area contributed by atoms with E-state index in [9.17, 15) is 14.4 Å². The lowest BCUT2D eigenvalue weighted by Gasteiger charge is -2.23. The Morgan fingerprint density at radius 1 is 1.19 bits per heavy atom. The Hall–Kier alpha value is -2.64. The van der Waals surface area contributed by atoms with Crippen molar-refractivity contribution >= 4 is 23.7 Å². The van der Waals surface area contributed by atoms with Gasteiger partial charge in [0.25, 0.3) is 5.91 Å². The van der Waals surface area contributed by atoms with E-state index in [2.05, 4.69) is 15.6 Å². The minimum absolute atomic E-state index is 0.0932. The molecule has 1 saturated carbocycles. The second-order valence-electron chi connectivity index (χ2n) is 6.64. The van der Waals surface area contributed by atoms with Gasteiger partial charge in [0.15, 0.2) is 6.10 Å². The number of carbonyl (C=O) groups is 3. The van der Waals surface area contributed by atoms with E-state index < -0.39 is 24.0 Å². The van der Waals surface area contributed by atoms with Crippen LogP contribution in [0.4, 0.5) is 10.6 Å². The summed E-state index contributed by atoms with van der Waals surface area (Å²) in [7, 11) is 3.68. The Labute approximate surface area is 153 Å². The highest BCUT2D eigenvalue weighted by Crippen LogP contribution is 2.17. The summed E-state index contributed by atoms with van der Waals surface area (Å²) in [6, 6.07) is 2.79. The number of hydrogen-bond donors (Lipinski definition) is 2. The van der Waals surface area contributed by atoms with Gasteiger partial charge in [-0.2, -0.15) is 0 Å². The average Bonchev–Trinajstić information content (AvgIpc) is 2.62. The number of nitrogens with zero attached hydrogens (tertiary/aromatic N) is 2. The van der Waals surface area contributed by atoms with E-state index in [4.69, 9.17) is 4.74 Å². The van der Waals surface area contributed by atoms with Gasteiger partial charge >= 0.3 is 12.0 Å². The smallest absolute Gasteiger partial charge is 0.340 e. The van der Waals surface area contributed by atoms with Crippen molar-refractivity contribution in [3.8, 4) is 0 Å². The fraction of sp³-hybridized carbons (Fsp3) is 0.556. The van der Waals surface area contributed by atoms with Crippen molar-refractivity contribution in [1.82, 2.24) is 15.6 Å². The molecule has 1 aliphatic rings. The van der Waals surface area contributed by atoms with Crippen LogP contribution in [0.3, 0.4) is 0 Å². The van der Waals surface area contributed by atoms with Crippen molar-refractivity contribution in [2.24, 2.45) is 0 Å². The topological polar surface area (TPSA) is 101 Å². The summed E-state index contributed by atoms with van der Waals surface area (Å²) in [6.45, 7) is 1.42. The van der Waals surface area contributed by atoms with Gasteiger partial charge in [-0.05, 0) is 31.9 Å². The zero-order chi connectivity index (χ0) is 19.1. The maximum Gasteiger partial charge on any atom is 0.340 e. The van der Waals surface area contributed by atoms with E-state index in [1.165, 1.54) is 19.5 Å². The molecule has 2 rings (SSSR count). The Kier molecular flexibility index (Phi) is 6.94. The van der Waals surface area contributed by atoms with Gasteiger partial charge in [0.1, 0.15) is 5.82 Å². The largest absolute Gasteiger partial charge is 0.449 e. The zero-order valence-electron chi connectivity index (χ0n) is 15.4. The first-order valence-electron chi connectivity index (χ1n) is 8.82. The number of amides is 3. The number of imide groups is 1. The lowest BCUT2D eigenvalue weighted by Crippen LogP contribution is -2.48. The molecule has 0 spiro atoms. The zero-order valence-corrected chi connectivity index (χ0v) is 15.4. The monoisotopic (exact) mass is 362 g/mol. The predicted molar refractivity (Wildman–Crippen MR) is 97.0 cm³/mol. The summed E-state index contributed by atoms with van der Waals surface area (Å²) in [5.74, 6) is -0.630. The van der Waals surface area contributed by atoms with Gasteiger partial charge in [0, 0.05) is 26.3 Å². The van der Waals surface area contributed by atoms with Crippen LogP contribution >= 0.6 is 0 Å². The lowest BCUT2D eigenvalue weighted by molar-refractivity contribution is -0.127. The molecular formula is C18H26N4O4. The molecule has 0 aromatic carbocycles. The Balaban J connectivity index is 1.81. The molecule has 142 valence electrons. The van der Waals surface area contributed by atoms with Crippen molar-refractivity contribution in [3.05, 3.63) is 23.9 Å². The number of pyridine rings is 1. The second kappa shape index (κ2) is 9.17. The molecule has 2 N–H and O–H groups in total. The van der Waals surface area contributed by atoms with Gasteiger partial charge in [-0.25, -0.2) is 14.6 Å². The summed E-state index contributed by atoms with van der Waals surface area (Å²) < 4.78 is 5.10. The minimum Gasteiger partial charge on any atom is -0.449 e. The molecule has 0 aliphatic heterocycles. The van der Waals surface area contributed by atoms with E-state index in [0.717, 1.165) is 25.7 Å². The highest BCUT2D eigenvalue weighted by Gasteiger charge is 2.22. The number of rotatable bonds is 5. The second-order valence-corrected chi connectivity index (χ2v) is 6.64. The number of ether oxygens (including phenoxy) is 1. The SMILES string of the molecule is CC(OC(=O)c1ccc(N(C)C)nc1)C(=O)NC(=O)NC1CCCCC1. The molecule has 8 heteroatoms. The van der Waals surface area contributed by atoms with Crippen molar-refractivity contribution in [2.75, 3.05) is 19.0 Å². The number of aromatic nitrogens is 1. The van der Waals surface area contributed by atoms with E-state index in [1.807, 2.05) is 14.1 Å². The van der Waals surface area contributed by atoms with E-state index in [1.54, 1.807) is 17.0 Å². The molecule has 3 amide bonds. The van der Waals surface area contributed by atoms with Crippen LogP contribution in [0.2, 0.25) is 0 Å². The Morgan fingerprint density at radius 2 is 1.88 bits per heavy atom. The molecule has 1 heterocycles. The third kappa shape index (κ3) is 5.72. The Morgan fingerprint density at radius 3 is 2.46 bits per heavy atom. The number of hydrogen-bond acceptors (Lipinski definition) is 6. The molecule has 1 aliphatic carbocycles. The first kappa shape index (κ1) is 19.7. The number of urea groups is 1. The summed E-state index contributed by atoms with van der Waals surface area (Å²) >= 11 is 0.